The number of unbranched alkanes of at least 4 members (excludes halogenated alkanes) is 1. The molecule has 0 saturated carbocycles. The van der Waals surface area contributed by atoms with Gasteiger partial charge in [0.2, 0.25) is 0 Å². The van der Waals surface area contributed by atoms with Crippen LogP contribution in [-0.2, 0) is 0 Å². The van der Waals surface area contributed by atoms with Gasteiger partial charge >= 0.3 is 0 Å². The minimum atomic E-state index is 0.747. The molecule has 20 heavy (non-hydrogen) atoms. The molecule has 2 aromatic carbocycles. The Hall–Kier alpha value is -1.54. The summed E-state index contributed by atoms with van der Waals surface area (Å²) in [5.74, 6) is 0.981. The minimum Gasteiger partial charge on any atom is -0.494 e. The summed E-state index contributed by atoms with van der Waals surface area (Å²) < 4.78 is 5.83. The summed E-state index contributed by atoms with van der Waals surface area (Å²) in [6, 6.07) is 15.5. The Labute approximate surface area is 122 Å². The normalized spacial score (nSPS) is 12.5. The summed E-state index contributed by atoms with van der Waals surface area (Å²) in [7, 11) is 0. The van der Waals surface area contributed by atoms with Gasteiger partial charge in [-0.3, -0.25) is 0 Å². The molecule has 0 spiro atoms. The van der Waals surface area contributed by atoms with Crippen LogP contribution in [0.2, 0.25) is 0 Å². The van der Waals surface area contributed by atoms with Crippen LogP contribution in [0, 0.1) is 0 Å². The van der Waals surface area contributed by atoms with Gasteiger partial charge in [-0.15, -0.1) is 0 Å². The van der Waals surface area contributed by atoms with Crippen molar-refractivity contribution in [1.82, 2.24) is 0 Å². The van der Waals surface area contributed by atoms with Crippen LogP contribution in [0.5, 0.6) is 5.75 Å². The van der Waals surface area contributed by atoms with Crippen molar-refractivity contribution in [2.45, 2.75) is 39.2 Å². The van der Waals surface area contributed by atoms with Crippen molar-refractivity contribution in [3.63, 3.8) is 0 Å². The van der Waals surface area contributed by atoms with Crippen molar-refractivity contribution >= 4 is 10.8 Å². The average molecular weight is 272 g/mol. The van der Waals surface area contributed by atoms with E-state index < -0.39 is 0 Å². The summed E-state index contributed by atoms with van der Waals surface area (Å²) in [5, 5.41) is 4.94. The van der Waals surface area contributed by atoms with E-state index in [0.29, 0.717) is 0 Å². The molecule has 2 rings (SSSR count). The molecule has 0 bridgehead atoms. The van der Waals surface area contributed by atoms with E-state index in [2.05, 4.69) is 61.6 Å². The monoisotopic (exact) mass is 272 g/mol. The lowest BCUT2D eigenvalue weighted by atomic mass is 10.1. The molecule has 2 N–H and O–H groups in total. The molecule has 0 amide bonds. The van der Waals surface area contributed by atoms with Gasteiger partial charge in [0.1, 0.15) is 5.75 Å². The highest BCUT2D eigenvalue weighted by Crippen LogP contribution is 2.20. The third-order valence-electron chi connectivity index (χ3n) is 3.80. The van der Waals surface area contributed by atoms with Gasteiger partial charge in [-0.25, -0.2) is 0 Å². The van der Waals surface area contributed by atoms with Crippen LogP contribution >= 0.6 is 0 Å². The summed E-state index contributed by atoms with van der Waals surface area (Å²) in [4.78, 5) is 0. The number of nitrogens with two attached hydrogens (primary N) is 1. The van der Waals surface area contributed by atoms with E-state index in [9.17, 15) is 0 Å². The third kappa shape index (κ3) is 4.53. The highest BCUT2D eigenvalue weighted by Gasteiger charge is 2.00. The van der Waals surface area contributed by atoms with E-state index in [4.69, 9.17) is 4.74 Å². The van der Waals surface area contributed by atoms with Crippen LogP contribution in [0.15, 0.2) is 42.5 Å². The Balaban J connectivity index is 1.70. The number of ether oxygens (including phenoxy) is 1. The molecule has 0 aliphatic carbocycles. The zero-order valence-corrected chi connectivity index (χ0v) is 12.6. The number of fused-ring (bicyclic) bond motifs is 1. The summed E-state index contributed by atoms with van der Waals surface area (Å²) in [6.07, 6.45) is 3.59. The second-order valence-electron chi connectivity index (χ2n) is 5.47. The van der Waals surface area contributed by atoms with Gasteiger partial charge in [0.05, 0.1) is 19.2 Å². The Morgan fingerprint density at radius 1 is 1.05 bits per heavy atom. The Morgan fingerprint density at radius 2 is 1.85 bits per heavy atom. The van der Waals surface area contributed by atoms with Gasteiger partial charge in [-0.2, -0.15) is 0 Å². The molecule has 0 fully saturated rings. The zero-order valence-electron chi connectivity index (χ0n) is 12.6. The number of rotatable bonds is 8. The third-order valence-corrected chi connectivity index (χ3v) is 3.80. The van der Waals surface area contributed by atoms with Crippen molar-refractivity contribution in [3.05, 3.63) is 42.5 Å². The number of benzene rings is 2. The SMILES string of the molecule is CC[C@H](C)[NH2+]CCCCOc1ccc2ccccc2c1. The minimum absolute atomic E-state index is 0.747. The first-order valence-electron chi connectivity index (χ1n) is 7.74. The number of hydrogen-bond donors (Lipinski definition) is 1. The van der Waals surface area contributed by atoms with Crippen LogP contribution < -0.4 is 10.1 Å². The molecule has 2 aromatic rings. The van der Waals surface area contributed by atoms with E-state index in [-0.39, 0.29) is 0 Å². The second kappa shape index (κ2) is 7.91. The summed E-state index contributed by atoms with van der Waals surface area (Å²) in [5.41, 5.74) is 0. The fourth-order valence-corrected chi connectivity index (χ4v) is 2.26. The Morgan fingerprint density at radius 3 is 2.65 bits per heavy atom. The smallest absolute Gasteiger partial charge is 0.119 e. The number of quaternary nitrogens is 1. The molecule has 0 unspecified atom stereocenters. The van der Waals surface area contributed by atoms with Gasteiger partial charge in [-0.05, 0) is 49.1 Å². The largest absolute Gasteiger partial charge is 0.494 e. The quantitative estimate of drug-likeness (QED) is 0.733. The molecule has 1 atom stereocenters. The van der Waals surface area contributed by atoms with Gasteiger partial charge in [0, 0.05) is 0 Å². The van der Waals surface area contributed by atoms with E-state index in [1.165, 1.54) is 30.2 Å². The summed E-state index contributed by atoms with van der Waals surface area (Å²) >= 11 is 0. The van der Waals surface area contributed by atoms with Gasteiger partial charge in [-0.1, -0.05) is 37.3 Å². The first kappa shape index (κ1) is 14.9. The van der Waals surface area contributed by atoms with E-state index >= 15 is 0 Å². The molecule has 0 saturated heterocycles. The molecule has 108 valence electrons. The topological polar surface area (TPSA) is 25.8 Å². The molecule has 2 nitrogen and oxygen atoms in total. The second-order valence-corrected chi connectivity index (χ2v) is 5.47. The predicted octanol–water partition coefficient (Wildman–Crippen LogP) is 3.36. The maximum Gasteiger partial charge on any atom is 0.119 e. The first-order valence-corrected chi connectivity index (χ1v) is 7.74. The molecule has 0 aliphatic heterocycles. The van der Waals surface area contributed by atoms with Crippen molar-refractivity contribution in [1.29, 1.82) is 0 Å². The van der Waals surface area contributed by atoms with Gasteiger partial charge in [0.15, 0.2) is 0 Å². The highest BCUT2D eigenvalue weighted by molar-refractivity contribution is 5.83. The van der Waals surface area contributed by atoms with Crippen molar-refractivity contribution in [2.24, 2.45) is 0 Å². The first-order chi connectivity index (χ1) is 9.79. The van der Waals surface area contributed by atoms with E-state index in [0.717, 1.165) is 24.8 Å². The standard InChI is InChI=1S/C18H25NO/c1-3-15(2)19-12-6-7-13-20-18-11-10-16-8-4-5-9-17(16)14-18/h4-5,8-11,14-15,19H,3,6-7,12-13H2,1-2H3/p+1/t15-/m0/s1. The number of hydrogen-bond acceptors (Lipinski definition) is 1. The fraction of sp³-hybridized carbons (Fsp3) is 0.444. The van der Waals surface area contributed by atoms with E-state index in [1.807, 2.05) is 0 Å². The molecule has 0 aliphatic rings. The van der Waals surface area contributed by atoms with Crippen LogP contribution in [0.4, 0.5) is 0 Å². The van der Waals surface area contributed by atoms with Gasteiger partial charge < -0.3 is 10.1 Å². The maximum atomic E-state index is 5.83. The lowest BCUT2D eigenvalue weighted by molar-refractivity contribution is -0.686. The maximum absolute atomic E-state index is 5.83. The predicted molar refractivity (Wildman–Crippen MR) is 85.2 cm³/mol. The zero-order chi connectivity index (χ0) is 14.2. The molecule has 2 heteroatoms. The average Bonchev–Trinajstić information content (AvgIpc) is 2.50. The Bertz CT molecular complexity index is 524. The Kier molecular flexibility index (Phi) is 5.87. The fourth-order valence-electron chi connectivity index (χ4n) is 2.26. The molecule has 0 heterocycles. The van der Waals surface area contributed by atoms with Crippen molar-refractivity contribution in [2.75, 3.05) is 13.2 Å². The van der Waals surface area contributed by atoms with Crippen LogP contribution in [0.25, 0.3) is 10.8 Å². The van der Waals surface area contributed by atoms with Gasteiger partial charge in [0.25, 0.3) is 0 Å². The van der Waals surface area contributed by atoms with Crippen LogP contribution in [0.3, 0.4) is 0 Å². The lowest BCUT2D eigenvalue weighted by Crippen LogP contribution is -2.89. The molecule has 0 aromatic heterocycles. The van der Waals surface area contributed by atoms with Crippen molar-refractivity contribution in [3.8, 4) is 5.75 Å². The molecular formula is C18H26NO+. The highest BCUT2D eigenvalue weighted by atomic mass is 16.5. The van der Waals surface area contributed by atoms with Crippen LogP contribution in [0.1, 0.15) is 33.1 Å². The van der Waals surface area contributed by atoms with E-state index in [1.54, 1.807) is 0 Å². The lowest BCUT2D eigenvalue weighted by Gasteiger charge is -2.09. The summed E-state index contributed by atoms with van der Waals surface area (Å²) in [6.45, 7) is 6.54. The molecule has 0 radical (unpaired) electrons. The van der Waals surface area contributed by atoms with Crippen molar-refractivity contribution < 1.29 is 10.1 Å². The van der Waals surface area contributed by atoms with Crippen LogP contribution in [-0.4, -0.2) is 19.2 Å². The molecular weight excluding hydrogens is 246 g/mol.